The van der Waals surface area contributed by atoms with Gasteiger partial charge in [0.05, 0.1) is 24.4 Å². The molecule has 0 saturated carbocycles. The van der Waals surface area contributed by atoms with Gasteiger partial charge in [0.25, 0.3) is 0 Å². The second-order valence-electron chi connectivity index (χ2n) is 34.9. The van der Waals surface area contributed by atoms with Crippen LogP contribution in [0.5, 0.6) is 0 Å². The summed E-state index contributed by atoms with van der Waals surface area (Å²) in [6.07, 6.45) is 43.6. The number of hydrogen-bond acceptors (Lipinski definition) is 12. The minimum absolute atomic E-state index is 0.166. The smallest absolute Gasteiger partial charge is 0.162 e. The number of Topliss-reactive ketones (excluding diaryl/α,β-unsaturated/α-hetero) is 6. The molecule has 0 atom stereocenters. The highest BCUT2D eigenvalue weighted by Crippen LogP contribution is 2.57. The number of unbranched alkanes of at least 4 members (excludes halogenated alkanes) is 30. The van der Waals surface area contributed by atoms with Crippen molar-refractivity contribution in [3.8, 4) is 116 Å². The summed E-state index contributed by atoms with van der Waals surface area (Å²) in [4.78, 5) is 94.6. The molecule has 6 aromatic heterocycles. The Balaban J connectivity index is 0.992. The second kappa shape index (κ2) is 51.7. The van der Waals surface area contributed by atoms with Crippen molar-refractivity contribution in [2.45, 2.75) is 311 Å². The second-order valence-corrected chi connectivity index (χ2v) is 40.9. The van der Waals surface area contributed by atoms with E-state index in [4.69, 9.17) is 0 Å². The Morgan fingerprint density at radius 3 is 0.643 bits per heavy atom. The predicted octanol–water partition coefficient (Wildman–Crippen LogP) is 38.0. The number of rotatable bonds is 59. The quantitative estimate of drug-likeness (QED) is 0.0278. The summed E-state index contributed by atoms with van der Waals surface area (Å²) in [5.41, 5.74) is 17.1. The molecule has 0 aliphatic heterocycles. The number of hydrogen-bond donors (Lipinski definition) is 0. The van der Waals surface area contributed by atoms with Crippen LogP contribution in [0.15, 0.2) is 193 Å². The van der Waals surface area contributed by atoms with Gasteiger partial charge in [-0.1, -0.05) is 380 Å². The summed E-state index contributed by atoms with van der Waals surface area (Å²) in [6.45, 7) is 13.4. The van der Waals surface area contributed by atoms with Crippen molar-refractivity contribution >= 4 is 103 Å². The molecular weight excluding hydrogens is 1660 g/mol. The molecular formula is C114H134O6S6. The van der Waals surface area contributed by atoms with E-state index in [1.54, 1.807) is 68.0 Å². The first-order valence-electron chi connectivity index (χ1n) is 48.3. The Hall–Kier alpha value is -8.46. The zero-order valence-corrected chi connectivity index (χ0v) is 81.0. The molecule has 0 N–H and O–H groups in total. The van der Waals surface area contributed by atoms with Crippen LogP contribution in [0.2, 0.25) is 0 Å². The largest absolute Gasteiger partial charge is 0.294 e. The molecule has 6 aromatic carbocycles. The maximum Gasteiger partial charge on any atom is 0.162 e. The summed E-state index contributed by atoms with van der Waals surface area (Å²) in [7, 11) is 0. The Bertz CT molecular complexity index is 5380. The number of benzene rings is 6. The fourth-order valence-electron chi connectivity index (χ4n) is 17.2. The molecule has 12 aromatic rings. The molecule has 126 heavy (non-hydrogen) atoms. The Kier molecular flexibility index (Phi) is 39.6. The summed E-state index contributed by atoms with van der Waals surface area (Å²) in [5.74, 6) is 1.08. The van der Waals surface area contributed by atoms with Crippen molar-refractivity contribution in [3.05, 3.63) is 226 Å². The molecule has 0 saturated heterocycles. The molecule has 0 fully saturated rings. The van der Waals surface area contributed by atoms with Crippen LogP contribution in [0.4, 0.5) is 0 Å². The van der Waals surface area contributed by atoms with Crippen LogP contribution in [0.3, 0.4) is 0 Å². The van der Waals surface area contributed by atoms with Gasteiger partial charge in [-0.2, -0.15) is 0 Å². The van der Waals surface area contributed by atoms with Gasteiger partial charge < -0.3 is 0 Å². The van der Waals surface area contributed by atoms with Crippen molar-refractivity contribution in [2.24, 2.45) is 0 Å². The number of ketones is 6. The molecule has 0 unspecified atom stereocenters. The Morgan fingerprint density at radius 1 is 0.190 bits per heavy atom. The third kappa shape index (κ3) is 27.6. The van der Waals surface area contributed by atoms with Crippen LogP contribution in [0, 0.1) is 0 Å². The van der Waals surface area contributed by atoms with Gasteiger partial charge >= 0.3 is 0 Å². The highest BCUT2D eigenvalue weighted by Gasteiger charge is 2.28. The SMILES string of the molecule is CCCCCCCCC(=O)c1ccc(-c2csc(-c3sc(-c4sc(-c5sc(-c6sc(-c7sccc7-c7ccc(C(=O)CCCCCCCC)cc7)cc6-c6ccc(C(=O)CCCCCCCC)cc6)cc5-c5ccc(C(=O)CCCCCCCC)cc5)cc4-c4ccc(C(=O)CCCCCCCC)cc4)cc3-c3ccc(C(=O)CCCCCCCC)cc3)c2)cc1. The number of carbonyl (C=O) groups excluding carboxylic acids is 6. The van der Waals surface area contributed by atoms with Crippen LogP contribution >= 0.6 is 68.0 Å². The molecule has 6 nitrogen and oxygen atoms in total. The van der Waals surface area contributed by atoms with Crippen molar-refractivity contribution in [1.29, 1.82) is 0 Å². The lowest BCUT2D eigenvalue weighted by Crippen LogP contribution is -1.98. The minimum atomic E-state index is 0.166. The van der Waals surface area contributed by atoms with Gasteiger partial charge in [0.1, 0.15) is 0 Å². The maximum atomic E-state index is 14.2. The monoisotopic (exact) mass is 1790 g/mol. The highest BCUT2D eigenvalue weighted by atomic mass is 32.1. The molecule has 0 spiro atoms. The lowest BCUT2D eigenvalue weighted by atomic mass is 9.97. The van der Waals surface area contributed by atoms with Gasteiger partial charge in [-0.15, -0.1) is 68.0 Å². The standard InChI is InChI=1S/C114H134O6S6/c1-7-13-19-25-31-37-43-99(115)87-61-49-81(50-62-87)93-75-105(122-80-93)111-95(83-53-65-89(66-54-83)101(117)45-39-33-27-21-15-9-3)77-107(124-111)113-97(85-57-69-91(70-58-85)103(119)47-41-35-29-23-17-11-5)79-109(126-113)114-98(86-59-71-92(72-60-86)104(120)48-42-36-30-24-18-12-6)78-108(125-114)112-96(84-55-67-90(68-56-84)102(118)46-40-34-28-22-16-10-4)76-106(123-112)110-94(73-74-121-110)82-51-63-88(64-52-82)100(116)44-38-32-26-20-14-8-2/h49-80H,7-48H2,1-6H3. The molecule has 0 radical (unpaired) electrons. The van der Waals surface area contributed by atoms with E-state index >= 15 is 0 Å². The van der Waals surface area contributed by atoms with E-state index < -0.39 is 0 Å². The average molecular weight is 1790 g/mol. The lowest BCUT2D eigenvalue weighted by molar-refractivity contribution is 0.0971. The zero-order valence-electron chi connectivity index (χ0n) is 76.1. The van der Waals surface area contributed by atoms with Crippen LogP contribution in [-0.4, -0.2) is 34.7 Å². The summed E-state index contributed by atoms with van der Waals surface area (Å²) in [5, 5.41) is 4.42. The van der Waals surface area contributed by atoms with Crippen molar-refractivity contribution in [2.75, 3.05) is 0 Å². The van der Waals surface area contributed by atoms with Gasteiger partial charge in [0.15, 0.2) is 34.7 Å². The Morgan fingerprint density at radius 2 is 0.397 bits per heavy atom. The summed E-state index contributed by atoms with van der Waals surface area (Å²) in [6, 6.07) is 63.9. The molecule has 0 aliphatic rings. The van der Waals surface area contributed by atoms with Gasteiger partial charge in [-0.3, -0.25) is 28.8 Å². The van der Waals surface area contributed by atoms with E-state index in [2.05, 4.69) is 161 Å². The number of thiophene rings is 6. The highest BCUT2D eigenvalue weighted by molar-refractivity contribution is 7.31. The van der Waals surface area contributed by atoms with Crippen LogP contribution in [0.25, 0.3) is 116 Å². The third-order valence-electron chi connectivity index (χ3n) is 25.0. The van der Waals surface area contributed by atoms with Gasteiger partial charge in [-0.05, 0) is 125 Å². The first kappa shape index (κ1) is 96.6. The maximum absolute atomic E-state index is 14.2. The molecule has 0 aliphatic carbocycles. The average Bonchev–Trinajstić information content (AvgIpc) is 1.59. The molecule has 0 amide bonds. The van der Waals surface area contributed by atoms with Gasteiger partial charge in [0.2, 0.25) is 0 Å². The fourth-order valence-corrected chi connectivity index (χ4v) is 24.4. The molecule has 12 heteroatoms. The van der Waals surface area contributed by atoms with Crippen molar-refractivity contribution in [3.63, 3.8) is 0 Å². The lowest BCUT2D eigenvalue weighted by Gasteiger charge is -2.06. The van der Waals surface area contributed by atoms with E-state index in [9.17, 15) is 28.8 Å². The minimum Gasteiger partial charge on any atom is -0.294 e. The van der Waals surface area contributed by atoms with Crippen LogP contribution in [-0.2, 0) is 0 Å². The first-order chi connectivity index (χ1) is 61.8. The molecule has 0 bridgehead atoms. The predicted molar refractivity (Wildman–Crippen MR) is 547 cm³/mol. The fraction of sp³-hybridized carbons (Fsp3) is 0.421. The normalized spacial score (nSPS) is 11.5. The van der Waals surface area contributed by atoms with E-state index in [1.165, 1.54) is 128 Å². The van der Waals surface area contributed by atoms with Gasteiger partial charge in [0, 0.05) is 124 Å². The Labute approximate surface area is 778 Å². The van der Waals surface area contributed by atoms with E-state index in [1.807, 2.05) is 72.8 Å². The topological polar surface area (TPSA) is 102 Å². The molecule has 662 valence electrons. The summed E-state index contributed by atoms with van der Waals surface area (Å²) >= 11 is 10.6. The zero-order chi connectivity index (χ0) is 88.2. The van der Waals surface area contributed by atoms with Crippen molar-refractivity contribution < 1.29 is 28.8 Å². The van der Waals surface area contributed by atoms with Crippen LogP contribution < -0.4 is 0 Å². The van der Waals surface area contributed by atoms with Crippen LogP contribution in [0.1, 0.15) is 373 Å². The van der Waals surface area contributed by atoms with E-state index in [-0.39, 0.29) is 34.7 Å². The van der Waals surface area contributed by atoms with Crippen molar-refractivity contribution in [1.82, 2.24) is 0 Å². The van der Waals surface area contributed by atoms with Gasteiger partial charge in [-0.25, -0.2) is 0 Å². The molecule has 12 rings (SSSR count). The molecule has 6 heterocycles. The summed E-state index contributed by atoms with van der Waals surface area (Å²) < 4.78 is 0. The first-order valence-corrected chi connectivity index (χ1v) is 53.4. The third-order valence-corrected chi connectivity index (χ3v) is 32.3. The number of carbonyl (C=O) groups is 6. The van der Waals surface area contributed by atoms with E-state index in [0.29, 0.717) is 38.5 Å². The van der Waals surface area contributed by atoms with E-state index in [0.717, 1.165) is 252 Å².